The molecule has 0 saturated heterocycles. The van der Waals surface area contributed by atoms with Gasteiger partial charge in [-0.15, -0.1) is 10.2 Å². The van der Waals surface area contributed by atoms with Crippen LogP contribution in [0.5, 0.6) is 17.2 Å². The summed E-state index contributed by atoms with van der Waals surface area (Å²) in [6, 6.07) is 13.2. The van der Waals surface area contributed by atoms with Crippen LogP contribution in [-0.2, 0) is 17.6 Å². The van der Waals surface area contributed by atoms with Gasteiger partial charge in [0.15, 0.2) is 11.5 Å². The molecule has 0 bridgehead atoms. The zero-order valence-electron chi connectivity index (χ0n) is 15.9. The Labute approximate surface area is 167 Å². The van der Waals surface area contributed by atoms with Gasteiger partial charge in [-0.05, 0) is 35.4 Å². The van der Waals surface area contributed by atoms with Crippen LogP contribution in [0.4, 0.5) is 5.13 Å². The van der Waals surface area contributed by atoms with Gasteiger partial charge in [-0.2, -0.15) is 0 Å². The molecule has 1 N–H and O–H groups in total. The minimum atomic E-state index is -0.167. The van der Waals surface area contributed by atoms with Crippen molar-refractivity contribution in [3.63, 3.8) is 0 Å². The van der Waals surface area contributed by atoms with E-state index in [0.717, 1.165) is 21.9 Å². The summed E-state index contributed by atoms with van der Waals surface area (Å²) < 4.78 is 15.6. The van der Waals surface area contributed by atoms with Crippen LogP contribution in [0, 0.1) is 0 Å². The summed E-state index contributed by atoms with van der Waals surface area (Å²) in [7, 11) is 4.77. The summed E-state index contributed by atoms with van der Waals surface area (Å²) in [5, 5.41) is 12.3. The number of anilines is 1. The van der Waals surface area contributed by atoms with Gasteiger partial charge in [-0.3, -0.25) is 4.79 Å². The first-order valence-electron chi connectivity index (χ1n) is 8.57. The van der Waals surface area contributed by atoms with Crippen LogP contribution in [0.3, 0.4) is 0 Å². The Bertz CT molecular complexity index is 941. The van der Waals surface area contributed by atoms with E-state index in [1.807, 2.05) is 30.3 Å². The topological polar surface area (TPSA) is 82.6 Å². The van der Waals surface area contributed by atoms with E-state index in [2.05, 4.69) is 15.5 Å². The van der Waals surface area contributed by atoms with Gasteiger partial charge in [0.05, 0.1) is 27.8 Å². The first kappa shape index (κ1) is 19.6. The number of carbonyl (C=O) groups is 1. The van der Waals surface area contributed by atoms with Crippen molar-refractivity contribution in [2.24, 2.45) is 0 Å². The second-order valence-electron chi connectivity index (χ2n) is 5.94. The molecule has 2 aromatic carbocycles. The highest BCUT2D eigenvalue weighted by atomic mass is 32.1. The monoisotopic (exact) mass is 399 g/mol. The van der Waals surface area contributed by atoms with E-state index in [1.54, 1.807) is 33.5 Å². The highest BCUT2D eigenvalue weighted by Gasteiger charge is 2.11. The average Bonchev–Trinajstić information content (AvgIpc) is 3.14. The predicted molar refractivity (Wildman–Crippen MR) is 108 cm³/mol. The van der Waals surface area contributed by atoms with Gasteiger partial charge < -0.3 is 19.5 Å². The molecule has 1 heterocycles. The van der Waals surface area contributed by atoms with Crippen molar-refractivity contribution in [2.75, 3.05) is 26.6 Å². The minimum Gasteiger partial charge on any atom is -0.497 e. The first-order chi connectivity index (χ1) is 13.6. The maximum absolute atomic E-state index is 12.3. The molecule has 0 aliphatic rings. The summed E-state index contributed by atoms with van der Waals surface area (Å²) in [5.74, 6) is 1.85. The number of benzene rings is 2. The summed E-state index contributed by atoms with van der Waals surface area (Å²) in [5.41, 5.74) is 1.92. The molecule has 3 aromatic rings. The fourth-order valence-electron chi connectivity index (χ4n) is 2.63. The van der Waals surface area contributed by atoms with Gasteiger partial charge in [0.25, 0.3) is 0 Å². The molecule has 0 aliphatic heterocycles. The standard InChI is InChI=1S/C20H21N3O4S/c1-25-15-7-4-13(5-8-15)12-19-22-23-20(28-19)21-18(24)11-14-6-9-16(26-2)17(10-14)27-3/h4-10H,11-12H2,1-3H3,(H,21,23,24). The van der Waals surface area contributed by atoms with Gasteiger partial charge >= 0.3 is 0 Å². The molecule has 0 unspecified atom stereocenters. The average molecular weight is 399 g/mol. The van der Waals surface area contributed by atoms with E-state index in [-0.39, 0.29) is 12.3 Å². The molecule has 0 spiro atoms. The Kier molecular flexibility index (Phi) is 6.44. The predicted octanol–water partition coefficient (Wildman–Crippen LogP) is 3.34. The molecule has 0 radical (unpaired) electrons. The Morgan fingerprint density at radius 2 is 1.64 bits per heavy atom. The third kappa shape index (κ3) is 4.98. The maximum Gasteiger partial charge on any atom is 0.230 e. The quantitative estimate of drug-likeness (QED) is 0.626. The van der Waals surface area contributed by atoms with E-state index >= 15 is 0 Å². The number of carbonyl (C=O) groups excluding carboxylic acids is 1. The summed E-state index contributed by atoms with van der Waals surface area (Å²) in [6.45, 7) is 0. The van der Waals surface area contributed by atoms with Gasteiger partial charge in [-0.25, -0.2) is 0 Å². The zero-order chi connectivity index (χ0) is 19.9. The number of nitrogens with one attached hydrogen (secondary N) is 1. The van der Waals surface area contributed by atoms with Crippen LogP contribution < -0.4 is 19.5 Å². The number of nitrogens with zero attached hydrogens (tertiary/aromatic N) is 2. The molecule has 3 rings (SSSR count). The number of aromatic nitrogens is 2. The highest BCUT2D eigenvalue weighted by molar-refractivity contribution is 7.15. The number of hydrogen-bond acceptors (Lipinski definition) is 7. The molecule has 146 valence electrons. The minimum absolute atomic E-state index is 0.167. The molecule has 0 saturated carbocycles. The van der Waals surface area contributed by atoms with Crippen molar-refractivity contribution in [2.45, 2.75) is 12.8 Å². The molecule has 1 aromatic heterocycles. The van der Waals surface area contributed by atoms with E-state index in [0.29, 0.717) is 23.1 Å². The van der Waals surface area contributed by atoms with Crippen molar-refractivity contribution in [3.05, 3.63) is 58.6 Å². The second kappa shape index (κ2) is 9.18. The lowest BCUT2D eigenvalue weighted by molar-refractivity contribution is -0.115. The first-order valence-corrected chi connectivity index (χ1v) is 9.39. The third-order valence-electron chi connectivity index (χ3n) is 4.04. The molecule has 8 heteroatoms. The van der Waals surface area contributed by atoms with Gasteiger partial charge in [-0.1, -0.05) is 29.5 Å². The third-order valence-corrected chi connectivity index (χ3v) is 4.88. The highest BCUT2D eigenvalue weighted by Crippen LogP contribution is 2.28. The smallest absolute Gasteiger partial charge is 0.230 e. The summed E-state index contributed by atoms with van der Waals surface area (Å²) in [4.78, 5) is 12.3. The van der Waals surface area contributed by atoms with Crippen LogP contribution in [0.15, 0.2) is 42.5 Å². The second-order valence-corrected chi connectivity index (χ2v) is 7.00. The van der Waals surface area contributed by atoms with Crippen molar-refractivity contribution < 1.29 is 19.0 Å². The fourth-order valence-corrected chi connectivity index (χ4v) is 3.42. The molecular formula is C20H21N3O4S. The zero-order valence-corrected chi connectivity index (χ0v) is 16.7. The number of rotatable bonds is 8. The van der Waals surface area contributed by atoms with Crippen molar-refractivity contribution in [3.8, 4) is 17.2 Å². The number of hydrogen-bond donors (Lipinski definition) is 1. The van der Waals surface area contributed by atoms with Crippen LogP contribution in [-0.4, -0.2) is 37.4 Å². The Hall–Kier alpha value is -3.13. The van der Waals surface area contributed by atoms with Gasteiger partial charge in [0, 0.05) is 6.42 Å². The van der Waals surface area contributed by atoms with E-state index in [1.165, 1.54) is 11.3 Å². The van der Waals surface area contributed by atoms with E-state index in [9.17, 15) is 4.79 Å². The molecular weight excluding hydrogens is 378 g/mol. The van der Waals surface area contributed by atoms with Crippen LogP contribution in [0.25, 0.3) is 0 Å². The Morgan fingerprint density at radius 1 is 0.929 bits per heavy atom. The lowest BCUT2D eigenvalue weighted by Gasteiger charge is -2.09. The summed E-state index contributed by atoms with van der Waals surface area (Å²) >= 11 is 1.36. The van der Waals surface area contributed by atoms with Crippen LogP contribution in [0.1, 0.15) is 16.1 Å². The lowest BCUT2D eigenvalue weighted by Crippen LogP contribution is -2.14. The van der Waals surface area contributed by atoms with Gasteiger partial charge in [0.1, 0.15) is 10.8 Å². The van der Waals surface area contributed by atoms with Crippen molar-refractivity contribution in [1.82, 2.24) is 10.2 Å². The van der Waals surface area contributed by atoms with E-state index in [4.69, 9.17) is 14.2 Å². The number of amides is 1. The number of methoxy groups -OCH3 is 3. The molecule has 0 fully saturated rings. The Balaban J connectivity index is 1.59. The SMILES string of the molecule is COc1ccc(Cc2nnc(NC(=O)Cc3ccc(OC)c(OC)c3)s2)cc1. The number of ether oxygens (including phenoxy) is 3. The lowest BCUT2D eigenvalue weighted by atomic mass is 10.1. The van der Waals surface area contributed by atoms with E-state index < -0.39 is 0 Å². The normalized spacial score (nSPS) is 10.4. The molecule has 1 amide bonds. The van der Waals surface area contributed by atoms with Gasteiger partial charge in [0.2, 0.25) is 11.0 Å². The summed E-state index contributed by atoms with van der Waals surface area (Å²) in [6.07, 6.45) is 0.848. The molecule has 28 heavy (non-hydrogen) atoms. The molecule has 0 aliphatic carbocycles. The van der Waals surface area contributed by atoms with Crippen molar-refractivity contribution in [1.29, 1.82) is 0 Å². The Morgan fingerprint density at radius 3 is 2.32 bits per heavy atom. The fraction of sp³-hybridized carbons (Fsp3) is 0.250. The van der Waals surface area contributed by atoms with Crippen molar-refractivity contribution >= 4 is 22.4 Å². The van der Waals surface area contributed by atoms with Crippen LogP contribution >= 0.6 is 11.3 Å². The molecule has 7 nitrogen and oxygen atoms in total. The maximum atomic E-state index is 12.3. The van der Waals surface area contributed by atoms with Crippen LogP contribution in [0.2, 0.25) is 0 Å². The largest absolute Gasteiger partial charge is 0.497 e. The molecule has 0 atom stereocenters.